The molecule has 0 radical (unpaired) electrons. The molecule has 2 aromatic rings. The lowest BCUT2D eigenvalue weighted by atomic mass is 9.95. The Hall–Kier alpha value is -3.04. The highest BCUT2D eigenvalue weighted by Gasteiger charge is 2.45. The van der Waals surface area contributed by atoms with Crippen LogP contribution >= 0.6 is 15.9 Å². The highest BCUT2D eigenvalue weighted by atomic mass is 79.9. The Morgan fingerprint density at radius 1 is 0.973 bits per heavy atom. The third-order valence-electron chi connectivity index (χ3n) is 6.61. The molecular formula is C28H34BrN3O5. The van der Waals surface area contributed by atoms with Gasteiger partial charge in [0.05, 0.1) is 16.5 Å². The molecule has 0 aromatic heterocycles. The number of nitro groups is 1. The van der Waals surface area contributed by atoms with Crippen molar-refractivity contribution in [2.45, 2.75) is 52.0 Å². The third-order valence-corrected chi connectivity index (χ3v) is 7.14. The number of likely N-dealkylation sites (tertiary alicyclic amines) is 1. The van der Waals surface area contributed by atoms with Crippen molar-refractivity contribution in [1.29, 1.82) is 0 Å². The Bertz CT molecular complexity index is 1120. The number of Topliss-reactive ketones (excluding diaryl/α,β-unsaturated/α-hetero) is 1. The Labute approximate surface area is 226 Å². The number of ketones is 1. The minimum absolute atomic E-state index is 0.00463. The molecule has 8 nitrogen and oxygen atoms in total. The zero-order valence-electron chi connectivity index (χ0n) is 21.4. The van der Waals surface area contributed by atoms with E-state index >= 15 is 0 Å². The van der Waals surface area contributed by atoms with E-state index in [2.05, 4.69) is 34.7 Å². The molecule has 1 aliphatic rings. The molecule has 198 valence electrons. The van der Waals surface area contributed by atoms with Crippen LogP contribution in [0.1, 0.15) is 63.1 Å². The largest absolute Gasteiger partial charge is 0.507 e. The molecule has 1 N–H and O–H groups in total. The van der Waals surface area contributed by atoms with Crippen LogP contribution in [0.3, 0.4) is 0 Å². The van der Waals surface area contributed by atoms with Crippen LogP contribution in [0.5, 0.6) is 0 Å². The Morgan fingerprint density at radius 3 is 2.08 bits per heavy atom. The maximum atomic E-state index is 13.2. The van der Waals surface area contributed by atoms with Gasteiger partial charge >= 0.3 is 0 Å². The van der Waals surface area contributed by atoms with Gasteiger partial charge < -0.3 is 14.9 Å². The standard InChI is InChI=1S/C28H34BrN3O5/c1-3-5-16-30(17-6-4-2)18-7-19-31-25(20-10-14-23(15-11-20)32(36)37)24(27(34)28(31)35)26(33)21-8-12-22(29)13-9-21/h8-15,25,33H,3-7,16-19H2,1-2H3/t25-/m1/s1. The van der Waals surface area contributed by atoms with Crippen molar-refractivity contribution in [3.63, 3.8) is 0 Å². The summed E-state index contributed by atoms with van der Waals surface area (Å²) >= 11 is 3.36. The highest BCUT2D eigenvalue weighted by molar-refractivity contribution is 9.10. The molecule has 0 spiro atoms. The molecule has 0 bridgehead atoms. The average Bonchev–Trinajstić information content (AvgIpc) is 3.15. The van der Waals surface area contributed by atoms with Crippen LogP contribution in [0, 0.1) is 10.1 Å². The number of aliphatic hydroxyl groups is 1. The lowest BCUT2D eigenvalue weighted by Crippen LogP contribution is -2.34. The first-order valence-electron chi connectivity index (χ1n) is 12.8. The monoisotopic (exact) mass is 571 g/mol. The highest BCUT2D eigenvalue weighted by Crippen LogP contribution is 2.40. The summed E-state index contributed by atoms with van der Waals surface area (Å²) < 4.78 is 0.812. The minimum Gasteiger partial charge on any atom is -0.507 e. The number of benzene rings is 2. The van der Waals surface area contributed by atoms with Gasteiger partial charge in [0.15, 0.2) is 0 Å². The van der Waals surface area contributed by atoms with Crippen molar-refractivity contribution in [1.82, 2.24) is 9.80 Å². The first-order chi connectivity index (χ1) is 17.8. The molecule has 1 aliphatic heterocycles. The number of carbonyl (C=O) groups excluding carboxylic acids is 2. The van der Waals surface area contributed by atoms with Crippen molar-refractivity contribution < 1.29 is 19.6 Å². The van der Waals surface area contributed by atoms with Crippen molar-refractivity contribution in [2.75, 3.05) is 26.2 Å². The molecule has 9 heteroatoms. The van der Waals surface area contributed by atoms with E-state index in [1.54, 1.807) is 36.4 Å². The molecule has 0 aliphatic carbocycles. The molecule has 1 saturated heterocycles. The number of hydrogen-bond donors (Lipinski definition) is 1. The van der Waals surface area contributed by atoms with E-state index in [-0.39, 0.29) is 17.0 Å². The number of hydrogen-bond acceptors (Lipinski definition) is 6. The van der Waals surface area contributed by atoms with E-state index in [0.717, 1.165) is 49.8 Å². The quantitative estimate of drug-likeness (QED) is 0.103. The predicted octanol–water partition coefficient (Wildman–Crippen LogP) is 6.07. The van der Waals surface area contributed by atoms with Gasteiger partial charge in [-0.1, -0.05) is 54.8 Å². The van der Waals surface area contributed by atoms with Gasteiger partial charge in [-0.15, -0.1) is 0 Å². The van der Waals surface area contributed by atoms with Crippen LogP contribution in [-0.2, 0) is 9.59 Å². The molecule has 37 heavy (non-hydrogen) atoms. The minimum atomic E-state index is -0.829. The van der Waals surface area contributed by atoms with Gasteiger partial charge in [-0.05, 0) is 68.7 Å². The zero-order chi connectivity index (χ0) is 26.9. The molecule has 1 fully saturated rings. The van der Waals surface area contributed by atoms with Gasteiger partial charge in [0.25, 0.3) is 17.4 Å². The van der Waals surface area contributed by atoms with Crippen LogP contribution in [0.4, 0.5) is 5.69 Å². The summed E-state index contributed by atoms with van der Waals surface area (Å²) in [6, 6.07) is 11.8. The van der Waals surface area contributed by atoms with Gasteiger partial charge in [0.2, 0.25) is 0 Å². The lowest BCUT2D eigenvalue weighted by Gasteiger charge is -2.27. The number of unbranched alkanes of at least 4 members (excludes halogenated alkanes) is 2. The fourth-order valence-corrected chi connectivity index (χ4v) is 4.83. The van der Waals surface area contributed by atoms with Crippen molar-refractivity contribution in [3.8, 4) is 0 Å². The summed E-state index contributed by atoms with van der Waals surface area (Å²) in [7, 11) is 0. The summed E-state index contributed by atoms with van der Waals surface area (Å²) in [5, 5.41) is 22.3. The van der Waals surface area contributed by atoms with E-state index in [4.69, 9.17) is 0 Å². The molecular weight excluding hydrogens is 538 g/mol. The number of amides is 1. The predicted molar refractivity (Wildman–Crippen MR) is 147 cm³/mol. The second kappa shape index (κ2) is 13.5. The SMILES string of the molecule is CCCCN(CCCC)CCCN1C(=O)C(=O)C(=C(O)c2ccc(Br)cc2)[C@H]1c1ccc([N+](=O)[O-])cc1. The maximum absolute atomic E-state index is 13.2. The van der Waals surface area contributed by atoms with E-state index < -0.39 is 22.7 Å². The van der Waals surface area contributed by atoms with Crippen molar-refractivity contribution in [2.24, 2.45) is 0 Å². The summed E-state index contributed by atoms with van der Waals surface area (Å²) in [5.41, 5.74) is 0.863. The third kappa shape index (κ3) is 7.05. The van der Waals surface area contributed by atoms with Crippen LogP contribution < -0.4 is 0 Å². The normalized spacial score (nSPS) is 17.1. The van der Waals surface area contributed by atoms with E-state index in [1.165, 1.54) is 17.0 Å². The maximum Gasteiger partial charge on any atom is 0.295 e. The van der Waals surface area contributed by atoms with Gasteiger partial charge in [-0.3, -0.25) is 19.7 Å². The van der Waals surface area contributed by atoms with E-state index in [1.807, 2.05) is 0 Å². The molecule has 1 atom stereocenters. The Morgan fingerprint density at radius 2 is 1.54 bits per heavy atom. The Balaban J connectivity index is 1.94. The van der Waals surface area contributed by atoms with Gasteiger partial charge in [0, 0.05) is 28.7 Å². The number of halogens is 1. The molecule has 0 unspecified atom stereocenters. The van der Waals surface area contributed by atoms with Crippen molar-refractivity contribution >= 4 is 39.1 Å². The van der Waals surface area contributed by atoms with Crippen LogP contribution in [0.25, 0.3) is 5.76 Å². The van der Waals surface area contributed by atoms with E-state index in [9.17, 15) is 24.8 Å². The number of aliphatic hydroxyl groups excluding tert-OH is 1. The molecule has 3 rings (SSSR count). The summed E-state index contributed by atoms with van der Waals surface area (Å²) in [4.78, 5) is 40.9. The van der Waals surface area contributed by atoms with Gasteiger partial charge in [0.1, 0.15) is 5.76 Å². The number of rotatable bonds is 13. The smallest absolute Gasteiger partial charge is 0.295 e. The fourth-order valence-electron chi connectivity index (χ4n) is 4.56. The summed E-state index contributed by atoms with van der Waals surface area (Å²) in [6.07, 6.45) is 5.08. The topological polar surface area (TPSA) is 104 Å². The number of nitro benzene ring substituents is 1. The number of nitrogens with zero attached hydrogens (tertiary/aromatic N) is 3. The number of non-ortho nitro benzene ring substituents is 1. The fraction of sp³-hybridized carbons (Fsp3) is 0.429. The molecule has 1 amide bonds. The summed E-state index contributed by atoms with van der Waals surface area (Å²) in [5.74, 6) is -1.68. The Kier molecular flexibility index (Phi) is 10.4. The molecule has 2 aromatic carbocycles. The number of carbonyl (C=O) groups is 2. The lowest BCUT2D eigenvalue weighted by molar-refractivity contribution is -0.384. The second-order valence-corrected chi connectivity index (χ2v) is 10.2. The van der Waals surface area contributed by atoms with E-state index in [0.29, 0.717) is 24.1 Å². The van der Waals surface area contributed by atoms with Crippen molar-refractivity contribution in [3.05, 3.63) is 79.8 Å². The second-order valence-electron chi connectivity index (χ2n) is 9.25. The van der Waals surface area contributed by atoms with Gasteiger partial charge in [-0.25, -0.2) is 0 Å². The summed E-state index contributed by atoms with van der Waals surface area (Å²) in [6.45, 7) is 7.43. The average molecular weight is 573 g/mol. The first-order valence-corrected chi connectivity index (χ1v) is 13.6. The van der Waals surface area contributed by atoms with Crippen LogP contribution in [0.15, 0.2) is 58.6 Å². The van der Waals surface area contributed by atoms with Gasteiger partial charge in [-0.2, -0.15) is 0 Å². The van der Waals surface area contributed by atoms with Crippen LogP contribution in [-0.4, -0.2) is 57.7 Å². The zero-order valence-corrected chi connectivity index (χ0v) is 22.9. The molecule has 0 saturated carbocycles. The first kappa shape index (κ1) is 28.5. The van der Waals surface area contributed by atoms with Crippen LogP contribution in [0.2, 0.25) is 0 Å². The molecule has 1 heterocycles.